The maximum atomic E-state index is 15.3. The van der Waals surface area contributed by atoms with E-state index in [0.29, 0.717) is 62.0 Å². The zero-order valence-corrected chi connectivity index (χ0v) is 38.4. The van der Waals surface area contributed by atoms with Gasteiger partial charge in [-0.25, -0.2) is 4.79 Å². The standard InChI is InChI=1S/C53H62ClF3N2O5/c1-31(32-9-7-6-8-10-32)58-46(62)59(29-33-11-12-34-26-38(33)47(34,2)3)30-51(63)22-19-44-49(51,5)21-18-43-48(4)20-17-36(60)27-50(48)23-24-52(43,44)39(28-50)45(61)42-16-15-41(64-42)37-25-35(53(55,56)57)13-14-40(37)54/h6-10,13-16,23-25,28,31,33-34,36,38,43-44,60,63H,11-12,17-22,26-27,29-30H2,1-5H3,(H,58,62). The number of rotatable bonds is 9. The van der Waals surface area contributed by atoms with E-state index in [1.807, 2.05) is 42.2 Å². The summed E-state index contributed by atoms with van der Waals surface area (Å²) in [5, 5.41) is 28.0. The summed E-state index contributed by atoms with van der Waals surface area (Å²) < 4.78 is 47.6. The van der Waals surface area contributed by atoms with E-state index in [1.165, 1.54) is 24.6 Å². The van der Waals surface area contributed by atoms with E-state index in [9.17, 15) is 28.2 Å². The van der Waals surface area contributed by atoms with Crippen LogP contribution in [0.3, 0.4) is 0 Å². The highest BCUT2D eigenvalue weighted by molar-refractivity contribution is 6.33. The minimum absolute atomic E-state index is 0.00261. The summed E-state index contributed by atoms with van der Waals surface area (Å²) in [5.41, 5.74) is -2.69. The van der Waals surface area contributed by atoms with Gasteiger partial charge in [-0.1, -0.05) is 87.9 Å². The number of carbonyl (C=O) groups excluding carboxylic acids is 2. The van der Waals surface area contributed by atoms with Gasteiger partial charge >= 0.3 is 12.2 Å². The smallest absolute Gasteiger partial charge is 0.416 e. The van der Waals surface area contributed by atoms with Gasteiger partial charge in [-0.2, -0.15) is 13.2 Å². The average Bonchev–Trinajstić information content (AvgIpc) is 3.85. The molecule has 4 bridgehead atoms. The summed E-state index contributed by atoms with van der Waals surface area (Å²) in [4.78, 5) is 31.9. The lowest BCUT2D eigenvalue weighted by molar-refractivity contribution is -0.176. The van der Waals surface area contributed by atoms with Crippen LogP contribution in [0.25, 0.3) is 11.3 Å². The number of halogens is 4. The van der Waals surface area contributed by atoms with E-state index in [2.05, 4.69) is 51.2 Å². The number of nitrogens with zero attached hydrogens (tertiary/aromatic N) is 1. The number of aliphatic hydroxyl groups excluding tert-OH is 1. The van der Waals surface area contributed by atoms with Crippen LogP contribution in [0, 0.1) is 56.7 Å². The zero-order valence-electron chi connectivity index (χ0n) is 37.6. The number of alkyl halides is 3. The summed E-state index contributed by atoms with van der Waals surface area (Å²) in [5.74, 6) is 1.09. The Morgan fingerprint density at radius 1 is 0.922 bits per heavy atom. The molecule has 64 heavy (non-hydrogen) atoms. The Morgan fingerprint density at radius 2 is 1.64 bits per heavy atom. The molecule has 7 nitrogen and oxygen atoms in total. The quantitative estimate of drug-likeness (QED) is 0.147. The summed E-state index contributed by atoms with van der Waals surface area (Å²) in [6, 6.07) is 15.6. The number of fused-ring (bicyclic) bond motifs is 3. The van der Waals surface area contributed by atoms with Crippen LogP contribution in [0.15, 0.2) is 88.9 Å². The molecule has 6 saturated carbocycles. The van der Waals surface area contributed by atoms with Crippen molar-refractivity contribution in [1.82, 2.24) is 10.2 Å². The first-order valence-corrected chi connectivity index (χ1v) is 24.0. The van der Waals surface area contributed by atoms with Gasteiger partial charge in [-0.15, -0.1) is 0 Å². The highest BCUT2D eigenvalue weighted by Crippen LogP contribution is 2.78. The van der Waals surface area contributed by atoms with Gasteiger partial charge in [0.2, 0.25) is 5.78 Å². The number of benzene rings is 2. The molecule has 12 rings (SSSR count). The fourth-order valence-electron chi connectivity index (χ4n) is 15.3. The number of furan rings is 1. The lowest BCUT2D eigenvalue weighted by atomic mass is 9.32. The number of hydrogen-bond acceptors (Lipinski definition) is 5. The van der Waals surface area contributed by atoms with Crippen molar-refractivity contribution in [2.75, 3.05) is 13.1 Å². The van der Waals surface area contributed by atoms with Gasteiger partial charge < -0.3 is 24.8 Å². The minimum Gasteiger partial charge on any atom is -0.453 e. The first kappa shape index (κ1) is 44.0. The van der Waals surface area contributed by atoms with E-state index in [1.54, 1.807) is 0 Å². The second-order valence-corrected chi connectivity index (χ2v) is 22.6. The van der Waals surface area contributed by atoms with Crippen LogP contribution < -0.4 is 5.32 Å². The van der Waals surface area contributed by atoms with Gasteiger partial charge in [0.25, 0.3) is 0 Å². The topological polar surface area (TPSA) is 103 Å². The molecule has 2 amide bonds. The van der Waals surface area contributed by atoms with Crippen molar-refractivity contribution in [1.29, 1.82) is 0 Å². The third-order valence-electron chi connectivity index (χ3n) is 19.2. The Kier molecular flexibility index (Phi) is 10.2. The van der Waals surface area contributed by atoms with Crippen molar-refractivity contribution >= 4 is 23.4 Å². The summed E-state index contributed by atoms with van der Waals surface area (Å²) in [6.07, 6.45) is 9.26. The van der Waals surface area contributed by atoms with Crippen molar-refractivity contribution in [3.63, 3.8) is 0 Å². The number of aliphatic hydroxyl groups is 2. The summed E-state index contributed by atoms with van der Waals surface area (Å²) in [6.45, 7) is 12.0. The third-order valence-corrected chi connectivity index (χ3v) is 19.5. The number of Topliss-reactive ketones (excluding diaryl/α,β-unsaturated/α-hetero) is 1. The van der Waals surface area contributed by atoms with Gasteiger partial charge in [0.05, 0.1) is 34.9 Å². The Balaban J connectivity index is 1.01. The monoisotopic (exact) mass is 898 g/mol. The first-order chi connectivity index (χ1) is 30.2. The number of amides is 2. The second-order valence-electron chi connectivity index (χ2n) is 22.2. The van der Waals surface area contributed by atoms with E-state index in [0.717, 1.165) is 43.4 Å². The van der Waals surface area contributed by atoms with Gasteiger partial charge in [-0.3, -0.25) is 4.79 Å². The third kappa shape index (κ3) is 6.33. The predicted molar refractivity (Wildman–Crippen MR) is 240 cm³/mol. The molecule has 0 aliphatic heterocycles. The highest BCUT2D eigenvalue weighted by Gasteiger charge is 2.75. The fraction of sp³-hybridized carbons (Fsp3) is 0.585. The molecule has 11 heteroatoms. The average molecular weight is 900 g/mol. The minimum atomic E-state index is -4.60. The zero-order chi connectivity index (χ0) is 45.4. The van der Waals surface area contributed by atoms with Crippen LogP contribution in [0.5, 0.6) is 0 Å². The number of allylic oxidation sites excluding steroid dienone is 4. The van der Waals surface area contributed by atoms with Crippen molar-refractivity contribution < 1.29 is 37.4 Å². The molecule has 9 aliphatic carbocycles. The predicted octanol–water partition coefficient (Wildman–Crippen LogP) is 12.2. The number of hydrogen-bond donors (Lipinski definition) is 3. The van der Waals surface area contributed by atoms with Crippen molar-refractivity contribution in [2.45, 2.75) is 123 Å². The van der Waals surface area contributed by atoms with Crippen LogP contribution >= 0.6 is 11.6 Å². The second kappa shape index (κ2) is 14.8. The molecular weight excluding hydrogens is 837 g/mol. The van der Waals surface area contributed by atoms with Crippen molar-refractivity contribution in [2.24, 2.45) is 56.7 Å². The first-order valence-electron chi connectivity index (χ1n) is 23.6. The van der Waals surface area contributed by atoms with E-state index < -0.39 is 39.7 Å². The molecule has 12 unspecified atom stereocenters. The lowest BCUT2D eigenvalue weighted by Gasteiger charge is -2.71. The molecule has 342 valence electrons. The van der Waals surface area contributed by atoms with E-state index in [4.69, 9.17) is 16.0 Å². The normalized spacial score (nSPS) is 38.3. The summed E-state index contributed by atoms with van der Waals surface area (Å²) >= 11 is 6.44. The van der Waals surface area contributed by atoms with Gasteiger partial charge in [0.1, 0.15) is 5.76 Å². The molecule has 3 aromatic rings. The maximum Gasteiger partial charge on any atom is 0.416 e. The van der Waals surface area contributed by atoms with Crippen molar-refractivity contribution in [3.8, 4) is 11.3 Å². The van der Waals surface area contributed by atoms with Crippen molar-refractivity contribution in [3.05, 3.63) is 106 Å². The Morgan fingerprint density at radius 3 is 2.36 bits per heavy atom. The van der Waals surface area contributed by atoms with Gasteiger partial charge in [-0.05, 0) is 147 Å². The van der Waals surface area contributed by atoms with E-state index >= 15 is 4.79 Å². The van der Waals surface area contributed by atoms with E-state index in [-0.39, 0.29) is 69.2 Å². The number of ketones is 1. The molecule has 0 saturated heterocycles. The number of nitrogens with one attached hydrogen (secondary N) is 1. The Bertz CT molecular complexity index is 2430. The summed E-state index contributed by atoms with van der Waals surface area (Å²) in [7, 11) is 0. The molecule has 12 atom stereocenters. The highest BCUT2D eigenvalue weighted by atomic mass is 35.5. The maximum absolute atomic E-state index is 15.3. The van der Waals surface area contributed by atoms with Crippen LogP contribution in [0.2, 0.25) is 5.02 Å². The molecule has 9 aliphatic rings. The van der Waals surface area contributed by atoms with Gasteiger partial charge in [0.15, 0.2) is 5.76 Å². The van der Waals surface area contributed by atoms with Crippen LogP contribution in [0.1, 0.15) is 127 Å². The molecule has 1 heterocycles. The van der Waals surface area contributed by atoms with Crippen LogP contribution in [0.4, 0.5) is 18.0 Å². The number of carbonyl (C=O) groups is 2. The molecular formula is C53H62ClF3N2O5. The fourth-order valence-corrected chi connectivity index (χ4v) is 15.5. The SMILES string of the molecule is CC(NC(=O)N(CC1CCC2CC1C2(C)C)CC1(O)CCC2C34C=CC5(C=C3C(=O)c3ccc(-c6cc(C(F)(F)F)ccc6Cl)o3)CC(O)CCC5(C)C4CCC21C)c1ccccc1. The number of urea groups is 1. The molecule has 3 N–H and O–H groups in total. The van der Waals surface area contributed by atoms with Gasteiger partial charge in [0, 0.05) is 33.9 Å². The largest absolute Gasteiger partial charge is 0.453 e. The molecule has 0 radical (unpaired) electrons. The lowest BCUT2D eigenvalue weighted by Crippen LogP contribution is -2.67. The molecule has 2 aromatic carbocycles. The molecule has 6 fully saturated rings. The molecule has 1 aromatic heterocycles. The van der Waals surface area contributed by atoms with Crippen LogP contribution in [-0.2, 0) is 6.18 Å². The van der Waals surface area contributed by atoms with Crippen LogP contribution in [-0.4, -0.2) is 51.7 Å². The Hall–Kier alpha value is -3.86. The Labute approximate surface area is 379 Å². The molecule has 2 spiro atoms.